The van der Waals surface area contributed by atoms with Crippen molar-refractivity contribution in [3.05, 3.63) is 29.8 Å². The van der Waals surface area contributed by atoms with Crippen LogP contribution < -0.4 is 10.5 Å². The molecule has 3 N–H and O–H groups in total. The van der Waals surface area contributed by atoms with E-state index >= 15 is 0 Å². The van der Waals surface area contributed by atoms with Crippen LogP contribution >= 0.6 is 0 Å². The Morgan fingerprint density at radius 2 is 1.94 bits per heavy atom. The van der Waals surface area contributed by atoms with Gasteiger partial charge < -0.3 is 5.73 Å². The maximum absolute atomic E-state index is 11.9. The van der Waals surface area contributed by atoms with Gasteiger partial charge in [-0.15, -0.1) is 0 Å². The molecule has 1 aromatic rings. The van der Waals surface area contributed by atoms with E-state index in [0.29, 0.717) is 12.2 Å². The number of nitrogens with two attached hydrogens (primary N) is 1. The predicted molar refractivity (Wildman–Crippen MR) is 66.6 cm³/mol. The summed E-state index contributed by atoms with van der Waals surface area (Å²) in [7, 11) is -3.37. The summed E-state index contributed by atoms with van der Waals surface area (Å²) in [6, 6.07) is 7.09. The summed E-state index contributed by atoms with van der Waals surface area (Å²) in [5.74, 6) is 0. The van der Waals surface area contributed by atoms with Crippen LogP contribution in [0.4, 0.5) is 5.69 Å². The quantitative estimate of drug-likeness (QED) is 0.847. The fourth-order valence-corrected chi connectivity index (χ4v) is 1.81. The van der Waals surface area contributed by atoms with Gasteiger partial charge in [0.15, 0.2) is 0 Å². The van der Waals surface area contributed by atoms with E-state index in [1.807, 2.05) is 6.07 Å². The minimum absolute atomic E-state index is 0.394. The summed E-state index contributed by atoms with van der Waals surface area (Å²) in [5, 5.41) is 0. The van der Waals surface area contributed by atoms with E-state index in [9.17, 15) is 8.42 Å². The number of rotatable bonds is 3. The number of anilines is 1. The molecule has 0 spiro atoms. The normalized spacial score (nSPS) is 12.5. The molecule has 16 heavy (non-hydrogen) atoms. The van der Waals surface area contributed by atoms with Crippen molar-refractivity contribution in [1.29, 1.82) is 0 Å². The molecule has 4 nitrogen and oxygen atoms in total. The van der Waals surface area contributed by atoms with Crippen LogP contribution in [-0.2, 0) is 16.6 Å². The highest BCUT2D eigenvalue weighted by Gasteiger charge is 2.28. The number of sulfonamides is 1. The zero-order valence-corrected chi connectivity index (χ0v) is 10.6. The van der Waals surface area contributed by atoms with Gasteiger partial charge >= 0.3 is 0 Å². The number of hydrogen-bond donors (Lipinski definition) is 2. The average molecular weight is 242 g/mol. The summed E-state index contributed by atoms with van der Waals surface area (Å²) in [6.07, 6.45) is 0. The lowest BCUT2D eigenvalue weighted by molar-refractivity contribution is 0.566. The molecule has 1 aromatic carbocycles. The molecule has 0 amide bonds. The molecular formula is C11H18N2O2S. The Bertz CT molecular complexity index is 461. The molecule has 0 aliphatic heterocycles. The van der Waals surface area contributed by atoms with E-state index in [2.05, 4.69) is 4.72 Å². The Morgan fingerprint density at radius 3 is 2.44 bits per heavy atom. The highest BCUT2D eigenvalue weighted by Crippen LogP contribution is 2.19. The molecule has 0 saturated carbocycles. The molecule has 0 fully saturated rings. The highest BCUT2D eigenvalue weighted by molar-refractivity contribution is 7.94. The van der Waals surface area contributed by atoms with Crippen LogP contribution in [0.2, 0.25) is 0 Å². The molecule has 0 unspecified atom stereocenters. The van der Waals surface area contributed by atoms with Crippen LogP contribution in [0.25, 0.3) is 0 Å². The monoisotopic (exact) mass is 242 g/mol. The summed E-state index contributed by atoms with van der Waals surface area (Å²) in [5.41, 5.74) is 6.94. The highest BCUT2D eigenvalue weighted by atomic mass is 32.2. The van der Waals surface area contributed by atoms with Gasteiger partial charge in [-0.25, -0.2) is 8.42 Å². The maximum atomic E-state index is 11.9. The molecule has 0 bridgehead atoms. The zero-order chi connectivity index (χ0) is 12.4. The van der Waals surface area contributed by atoms with Gasteiger partial charge in [-0.05, 0) is 38.5 Å². The van der Waals surface area contributed by atoms with E-state index in [1.54, 1.807) is 39.0 Å². The van der Waals surface area contributed by atoms with Crippen molar-refractivity contribution in [2.45, 2.75) is 32.1 Å². The molecule has 0 aliphatic carbocycles. The van der Waals surface area contributed by atoms with Crippen molar-refractivity contribution < 1.29 is 8.42 Å². The van der Waals surface area contributed by atoms with Crippen molar-refractivity contribution in [3.63, 3.8) is 0 Å². The molecule has 0 radical (unpaired) electrons. The summed E-state index contributed by atoms with van der Waals surface area (Å²) < 4.78 is 25.5. The molecule has 0 aromatic heterocycles. The summed E-state index contributed by atoms with van der Waals surface area (Å²) >= 11 is 0. The van der Waals surface area contributed by atoms with Crippen molar-refractivity contribution >= 4 is 15.7 Å². The maximum Gasteiger partial charge on any atom is 0.237 e. The average Bonchev–Trinajstić information content (AvgIpc) is 2.15. The topological polar surface area (TPSA) is 72.2 Å². The third-order valence-corrected chi connectivity index (χ3v) is 4.34. The first-order valence-corrected chi connectivity index (χ1v) is 6.56. The molecular weight excluding hydrogens is 224 g/mol. The number of hydrogen-bond acceptors (Lipinski definition) is 3. The first kappa shape index (κ1) is 13.0. The second-order valence-corrected chi connectivity index (χ2v) is 7.06. The lowest BCUT2D eigenvalue weighted by Gasteiger charge is -2.20. The second-order valence-electron chi connectivity index (χ2n) is 4.62. The fraction of sp³-hybridized carbons (Fsp3) is 0.455. The fourth-order valence-electron chi connectivity index (χ4n) is 1.07. The van der Waals surface area contributed by atoms with Crippen LogP contribution in [0.5, 0.6) is 0 Å². The van der Waals surface area contributed by atoms with Gasteiger partial charge in [0.25, 0.3) is 0 Å². The van der Waals surface area contributed by atoms with E-state index in [-0.39, 0.29) is 0 Å². The van der Waals surface area contributed by atoms with Crippen molar-refractivity contribution in [1.82, 2.24) is 0 Å². The third-order valence-electron chi connectivity index (χ3n) is 2.22. The Balaban J connectivity index is 2.97. The third kappa shape index (κ3) is 2.96. The van der Waals surface area contributed by atoms with Crippen molar-refractivity contribution in [2.75, 3.05) is 4.72 Å². The molecule has 0 atom stereocenters. The van der Waals surface area contributed by atoms with Gasteiger partial charge in [0.2, 0.25) is 10.0 Å². The van der Waals surface area contributed by atoms with E-state index in [0.717, 1.165) is 5.56 Å². The Morgan fingerprint density at radius 1 is 1.31 bits per heavy atom. The Kier molecular flexibility index (Phi) is 3.60. The summed E-state index contributed by atoms with van der Waals surface area (Å²) in [4.78, 5) is 0. The van der Waals surface area contributed by atoms with Crippen molar-refractivity contribution in [2.24, 2.45) is 5.73 Å². The largest absolute Gasteiger partial charge is 0.326 e. The SMILES string of the molecule is CC(C)(C)S(=O)(=O)Nc1cccc(CN)c1. The standard InChI is InChI=1S/C11H18N2O2S/c1-11(2,3)16(14,15)13-10-6-4-5-9(7-10)8-12/h4-7,13H,8,12H2,1-3H3. The van der Waals surface area contributed by atoms with Gasteiger partial charge in [0.1, 0.15) is 0 Å². The Hall–Kier alpha value is -1.07. The predicted octanol–water partition coefficient (Wildman–Crippen LogP) is 1.69. The van der Waals surface area contributed by atoms with E-state index in [1.165, 1.54) is 0 Å². The molecule has 90 valence electrons. The first-order valence-electron chi connectivity index (χ1n) is 5.07. The van der Waals surface area contributed by atoms with Gasteiger partial charge in [-0.3, -0.25) is 4.72 Å². The van der Waals surface area contributed by atoms with Crippen LogP contribution in [0.3, 0.4) is 0 Å². The minimum Gasteiger partial charge on any atom is -0.326 e. The first-order chi connectivity index (χ1) is 7.26. The van der Waals surface area contributed by atoms with E-state index < -0.39 is 14.8 Å². The van der Waals surface area contributed by atoms with Gasteiger partial charge in [0.05, 0.1) is 4.75 Å². The van der Waals surface area contributed by atoms with E-state index in [4.69, 9.17) is 5.73 Å². The minimum atomic E-state index is -3.37. The zero-order valence-electron chi connectivity index (χ0n) is 9.82. The lowest BCUT2D eigenvalue weighted by Crippen LogP contribution is -2.33. The lowest BCUT2D eigenvalue weighted by atomic mass is 10.2. The van der Waals surface area contributed by atoms with Crippen molar-refractivity contribution in [3.8, 4) is 0 Å². The number of benzene rings is 1. The van der Waals surface area contributed by atoms with Crippen LogP contribution in [-0.4, -0.2) is 13.2 Å². The summed E-state index contributed by atoms with van der Waals surface area (Å²) in [6.45, 7) is 5.36. The number of nitrogens with one attached hydrogen (secondary N) is 1. The molecule has 0 heterocycles. The van der Waals surface area contributed by atoms with Gasteiger partial charge in [-0.2, -0.15) is 0 Å². The smallest absolute Gasteiger partial charge is 0.237 e. The molecule has 1 rings (SSSR count). The van der Waals surface area contributed by atoms with Crippen LogP contribution in [0.15, 0.2) is 24.3 Å². The second kappa shape index (κ2) is 4.43. The Labute approximate surface area is 96.9 Å². The van der Waals surface area contributed by atoms with Gasteiger partial charge in [0, 0.05) is 12.2 Å². The molecule has 5 heteroatoms. The van der Waals surface area contributed by atoms with Crippen LogP contribution in [0, 0.1) is 0 Å². The molecule has 0 aliphatic rings. The van der Waals surface area contributed by atoms with Crippen LogP contribution in [0.1, 0.15) is 26.3 Å². The molecule has 0 saturated heterocycles. The van der Waals surface area contributed by atoms with Gasteiger partial charge in [-0.1, -0.05) is 12.1 Å².